The van der Waals surface area contributed by atoms with Crippen molar-refractivity contribution in [3.8, 4) is 28.5 Å². The third kappa shape index (κ3) is 6.16. The number of rotatable bonds is 11. The summed E-state index contributed by atoms with van der Waals surface area (Å²) in [4.78, 5) is 17.9. The highest BCUT2D eigenvalue weighted by Gasteiger charge is 2.14. The molecular weight excluding hydrogens is 470 g/mol. The number of benzene rings is 1. The molecule has 10 heteroatoms. The number of nitrogens with zero attached hydrogens (tertiary/aromatic N) is 5. The van der Waals surface area contributed by atoms with Crippen LogP contribution in [0.25, 0.3) is 32.9 Å². The van der Waals surface area contributed by atoms with Crippen molar-refractivity contribution in [3.05, 3.63) is 42.9 Å². The van der Waals surface area contributed by atoms with Gasteiger partial charge in [0.15, 0.2) is 11.5 Å². The van der Waals surface area contributed by atoms with Crippen molar-refractivity contribution in [1.29, 1.82) is 0 Å². The number of pyridine rings is 3. The summed E-state index contributed by atoms with van der Waals surface area (Å²) in [5.74, 6) is 2.23. The van der Waals surface area contributed by atoms with E-state index in [9.17, 15) is 0 Å². The summed E-state index contributed by atoms with van der Waals surface area (Å²) in [6.07, 6.45) is 5.14. The number of methoxy groups -OCH3 is 2. The van der Waals surface area contributed by atoms with E-state index in [0.29, 0.717) is 35.4 Å². The summed E-state index contributed by atoms with van der Waals surface area (Å²) in [7, 11) is 9.38. The van der Waals surface area contributed by atoms with Crippen molar-refractivity contribution >= 4 is 27.5 Å². The fourth-order valence-corrected chi connectivity index (χ4v) is 4.16. The first-order valence-electron chi connectivity index (χ1n) is 12.1. The third-order valence-corrected chi connectivity index (χ3v) is 6.16. The van der Waals surface area contributed by atoms with Crippen LogP contribution in [0.2, 0.25) is 0 Å². The highest BCUT2D eigenvalue weighted by atomic mass is 16.5. The van der Waals surface area contributed by atoms with Gasteiger partial charge in [-0.25, -0.2) is 4.98 Å². The lowest BCUT2D eigenvalue weighted by Crippen LogP contribution is -2.41. The summed E-state index contributed by atoms with van der Waals surface area (Å²) in [6.45, 7) is 3.03. The second kappa shape index (κ2) is 11.5. The number of anilines is 1. The molecule has 10 nitrogen and oxygen atoms in total. The third-order valence-electron chi connectivity index (χ3n) is 6.16. The Morgan fingerprint density at radius 3 is 2.38 bits per heavy atom. The standard InChI is InChI=1S/C27H35N7O3/c1-33(2)6-7-34(3)15-18(28)16-37-19-8-17(12-30-13-19)23-9-20-21-10-25(35-4)26(36-5)11-24(21)31-14-22(20)27(29)32-23/h8-14,18H,6-7,15-16,28H2,1-5H3,(H2,29,32)/t18-/m0/s1. The van der Waals surface area contributed by atoms with Crippen LogP contribution in [0.3, 0.4) is 0 Å². The fourth-order valence-electron chi connectivity index (χ4n) is 4.16. The Hall–Kier alpha value is -3.73. The molecule has 0 aliphatic carbocycles. The number of ether oxygens (including phenoxy) is 3. The SMILES string of the molecule is COc1cc2ncc3c(N)nc(-c4cncc(OC[C@@H](N)CN(C)CCN(C)C)c4)cc3c2cc1OC. The molecular formula is C27H35N7O3. The Labute approximate surface area is 217 Å². The van der Waals surface area contributed by atoms with E-state index in [0.717, 1.165) is 46.9 Å². The van der Waals surface area contributed by atoms with Crippen molar-refractivity contribution in [3.63, 3.8) is 0 Å². The average Bonchev–Trinajstić information content (AvgIpc) is 2.89. The second-order valence-electron chi connectivity index (χ2n) is 9.38. The van der Waals surface area contributed by atoms with Gasteiger partial charge in [-0.15, -0.1) is 0 Å². The molecule has 0 aliphatic rings. The van der Waals surface area contributed by atoms with E-state index in [1.54, 1.807) is 32.8 Å². The van der Waals surface area contributed by atoms with Gasteiger partial charge in [-0.05, 0) is 44.7 Å². The Bertz CT molecular complexity index is 1380. The predicted molar refractivity (Wildman–Crippen MR) is 147 cm³/mol. The van der Waals surface area contributed by atoms with Gasteiger partial charge in [-0.2, -0.15) is 0 Å². The van der Waals surface area contributed by atoms with Crippen molar-refractivity contribution in [1.82, 2.24) is 24.8 Å². The molecule has 0 bridgehead atoms. The molecule has 0 aliphatic heterocycles. The van der Waals surface area contributed by atoms with Crippen molar-refractivity contribution in [2.75, 3.05) is 67.3 Å². The molecule has 4 rings (SSSR count). The van der Waals surface area contributed by atoms with Gasteiger partial charge in [0.1, 0.15) is 18.2 Å². The van der Waals surface area contributed by atoms with Crippen molar-refractivity contribution in [2.24, 2.45) is 5.73 Å². The van der Waals surface area contributed by atoms with Gasteiger partial charge in [0.25, 0.3) is 0 Å². The molecule has 4 N–H and O–H groups in total. The molecule has 37 heavy (non-hydrogen) atoms. The number of nitrogens with two attached hydrogens (primary N) is 2. The van der Waals surface area contributed by atoms with Crippen LogP contribution in [0.5, 0.6) is 17.2 Å². The molecule has 0 unspecified atom stereocenters. The fraction of sp³-hybridized carbons (Fsp3) is 0.370. The van der Waals surface area contributed by atoms with Gasteiger partial charge in [0.05, 0.1) is 37.7 Å². The lowest BCUT2D eigenvalue weighted by molar-refractivity contribution is 0.223. The Kier molecular flexibility index (Phi) is 8.22. The monoisotopic (exact) mass is 505 g/mol. The second-order valence-corrected chi connectivity index (χ2v) is 9.38. The Morgan fingerprint density at radius 2 is 1.65 bits per heavy atom. The summed E-state index contributed by atoms with van der Waals surface area (Å²) in [6, 6.07) is 7.50. The van der Waals surface area contributed by atoms with Gasteiger partial charge in [-0.3, -0.25) is 9.97 Å². The molecule has 0 saturated heterocycles. The maximum absolute atomic E-state index is 6.36. The molecule has 0 spiro atoms. The number of likely N-dealkylation sites (N-methyl/N-ethyl adjacent to an activating group) is 2. The molecule has 196 valence electrons. The van der Waals surface area contributed by atoms with Gasteiger partial charge < -0.3 is 35.5 Å². The zero-order chi connectivity index (χ0) is 26.5. The maximum Gasteiger partial charge on any atom is 0.162 e. The lowest BCUT2D eigenvalue weighted by Gasteiger charge is -2.23. The van der Waals surface area contributed by atoms with Crippen LogP contribution >= 0.6 is 0 Å². The van der Waals surface area contributed by atoms with E-state index in [2.05, 4.69) is 45.9 Å². The summed E-state index contributed by atoms with van der Waals surface area (Å²) in [5, 5.41) is 2.55. The summed E-state index contributed by atoms with van der Waals surface area (Å²) >= 11 is 0. The zero-order valence-electron chi connectivity index (χ0n) is 22.1. The largest absolute Gasteiger partial charge is 0.493 e. The molecule has 4 aromatic rings. The van der Waals surface area contributed by atoms with Crippen molar-refractivity contribution in [2.45, 2.75) is 6.04 Å². The first-order valence-corrected chi connectivity index (χ1v) is 12.1. The van der Waals surface area contributed by atoms with Crippen LogP contribution in [0.1, 0.15) is 0 Å². The zero-order valence-corrected chi connectivity index (χ0v) is 22.1. The molecule has 1 aromatic carbocycles. The normalized spacial score (nSPS) is 12.4. The highest BCUT2D eigenvalue weighted by molar-refractivity contribution is 6.10. The molecule has 3 aromatic heterocycles. The number of nitrogen functional groups attached to an aromatic ring is 1. The van der Waals surface area contributed by atoms with E-state index < -0.39 is 0 Å². The van der Waals surface area contributed by atoms with Crippen LogP contribution < -0.4 is 25.7 Å². The van der Waals surface area contributed by atoms with Crippen molar-refractivity contribution < 1.29 is 14.2 Å². The van der Waals surface area contributed by atoms with E-state index in [1.807, 2.05) is 24.3 Å². The molecule has 1 atom stereocenters. The number of hydrogen-bond acceptors (Lipinski definition) is 10. The van der Waals surface area contributed by atoms with Crippen LogP contribution in [0.15, 0.2) is 42.9 Å². The van der Waals surface area contributed by atoms with E-state index >= 15 is 0 Å². The molecule has 3 heterocycles. The van der Waals surface area contributed by atoms with E-state index in [-0.39, 0.29) is 6.04 Å². The first-order chi connectivity index (χ1) is 17.8. The Morgan fingerprint density at radius 1 is 0.892 bits per heavy atom. The van der Waals surface area contributed by atoms with Gasteiger partial charge in [0.2, 0.25) is 0 Å². The van der Waals surface area contributed by atoms with Gasteiger partial charge in [0, 0.05) is 54.4 Å². The Balaban J connectivity index is 1.58. The number of aromatic nitrogens is 3. The van der Waals surface area contributed by atoms with Crippen LogP contribution in [0.4, 0.5) is 5.82 Å². The van der Waals surface area contributed by atoms with E-state index in [1.165, 1.54) is 0 Å². The minimum absolute atomic E-state index is 0.129. The van der Waals surface area contributed by atoms with Crippen LogP contribution in [-0.4, -0.2) is 92.4 Å². The predicted octanol–water partition coefficient (Wildman–Crippen LogP) is 2.64. The molecule has 0 saturated carbocycles. The van der Waals surface area contributed by atoms with Crippen LogP contribution in [-0.2, 0) is 0 Å². The molecule has 0 amide bonds. The first kappa shape index (κ1) is 26.3. The summed E-state index contributed by atoms with van der Waals surface area (Å²) in [5.41, 5.74) is 14.9. The highest BCUT2D eigenvalue weighted by Crippen LogP contribution is 2.37. The van der Waals surface area contributed by atoms with Gasteiger partial charge in [-0.1, -0.05) is 0 Å². The van der Waals surface area contributed by atoms with Crippen LogP contribution in [0, 0.1) is 0 Å². The quantitative estimate of drug-likeness (QED) is 0.294. The van der Waals surface area contributed by atoms with E-state index in [4.69, 9.17) is 25.7 Å². The number of fused-ring (bicyclic) bond motifs is 3. The lowest BCUT2D eigenvalue weighted by atomic mass is 10.0. The topological polar surface area (TPSA) is 125 Å². The number of hydrogen-bond donors (Lipinski definition) is 2. The van der Waals surface area contributed by atoms with Gasteiger partial charge >= 0.3 is 0 Å². The summed E-state index contributed by atoms with van der Waals surface area (Å²) < 4.78 is 16.9. The average molecular weight is 506 g/mol. The molecule has 0 fully saturated rings. The maximum atomic E-state index is 6.36. The smallest absolute Gasteiger partial charge is 0.162 e. The minimum Gasteiger partial charge on any atom is -0.493 e. The molecule has 0 radical (unpaired) electrons. The minimum atomic E-state index is -0.129.